The summed E-state index contributed by atoms with van der Waals surface area (Å²) in [4.78, 5) is 11.5. The van der Waals surface area contributed by atoms with E-state index in [0.717, 1.165) is 0 Å². The van der Waals surface area contributed by atoms with Crippen LogP contribution in [0.3, 0.4) is 0 Å². The van der Waals surface area contributed by atoms with E-state index < -0.39 is 0 Å². The Labute approximate surface area is 87.3 Å². The average Bonchev–Trinajstić information content (AvgIpc) is 2.16. The van der Waals surface area contributed by atoms with E-state index >= 15 is 0 Å². The van der Waals surface area contributed by atoms with Crippen LogP contribution in [0.2, 0.25) is 0 Å². The lowest BCUT2D eigenvalue weighted by molar-refractivity contribution is -0.133. The van der Waals surface area contributed by atoms with Crippen LogP contribution >= 0.6 is 0 Å². The average molecular weight is 198 g/mol. The van der Waals surface area contributed by atoms with Crippen molar-refractivity contribution in [3.8, 4) is 0 Å². The predicted octanol–water partition coefficient (Wildman–Crippen LogP) is 2.83. The number of ether oxygens (including phenoxy) is 1. The van der Waals surface area contributed by atoms with Gasteiger partial charge in [-0.2, -0.15) is 0 Å². The SMILES string of the molecule is C=CC(C)COC(C(=O)CC)C(C)C. The van der Waals surface area contributed by atoms with Gasteiger partial charge in [-0.15, -0.1) is 6.58 Å². The molecule has 0 fully saturated rings. The molecule has 0 rings (SSSR count). The van der Waals surface area contributed by atoms with Crippen LogP contribution in [0.25, 0.3) is 0 Å². The molecule has 2 heteroatoms. The molecule has 2 atom stereocenters. The summed E-state index contributed by atoms with van der Waals surface area (Å²) in [6.45, 7) is 12.2. The van der Waals surface area contributed by atoms with E-state index in [-0.39, 0.29) is 17.8 Å². The second-order valence-electron chi connectivity index (χ2n) is 4.03. The molecule has 0 N–H and O–H groups in total. The standard InChI is InChI=1S/C12H22O2/c1-6-10(5)8-14-12(9(3)4)11(13)7-2/h6,9-10,12H,1,7-8H2,2-5H3. The first-order valence-corrected chi connectivity index (χ1v) is 5.29. The van der Waals surface area contributed by atoms with Crippen LogP contribution in [0.1, 0.15) is 34.1 Å². The highest BCUT2D eigenvalue weighted by atomic mass is 16.5. The molecule has 0 aliphatic heterocycles. The molecule has 0 aromatic carbocycles. The second kappa shape index (κ2) is 6.77. The molecule has 0 radical (unpaired) electrons. The largest absolute Gasteiger partial charge is 0.370 e. The normalized spacial score (nSPS) is 15.2. The fourth-order valence-corrected chi connectivity index (χ4v) is 1.18. The molecule has 0 aromatic rings. The van der Waals surface area contributed by atoms with Crippen molar-refractivity contribution in [3.63, 3.8) is 0 Å². The monoisotopic (exact) mass is 198 g/mol. The van der Waals surface area contributed by atoms with Gasteiger partial charge in [0.25, 0.3) is 0 Å². The van der Waals surface area contributed by atoms with E-state index in [9.17, 15) is 4.79 Å². The zero-order valence-electron chi connectivity index (χ0n) is 9.75. The Balaban J connectivity index is 4.10. The third kappa shape index (κ3) is 4.56. The van der Waals surface area contributed by atoms with Crippen LogP contribution < -0.4 is 0 Å². The lowest BCUT2D eigenvalue weighted by Crippen LogP contribution is -2.30. The van der Waals surface area contributed by atoms with Gasteiger partial charge in [0.05, 0.1) is 6.61 Å². The van der Waals surface area contributed by atoms with Crippen molar-refractivity contribution >= 4 is 5.78 Å². The molecule has 0 heterocycles. The van der Waals surface area contributed by atoms with E-state index in [0.29, 0.717) is 18.9 Å². The van der Waals surface area contributed by atoms with Crippen molar-refractivity contribution in [2.75, 3.05) is 6.61 Å². The number of hydrogen-bond donors (Lipinski definition) is 0. The van der Waals surface area contributed by atoms with Crippen LogP contribution in [-0.4, -0.2) is 18.5 Å². The molecule has 0 amide bonds. The van der Waals surface area contributed by atoms with E-state index in [4.69, 9.17) is 4.74 Å². The minimum atomic E-state index is -0.248. The lowest BCUT2D eigenvalue weighted by atomic mass is 10.0. The molecule has 0 saturated carbocycles. The highest BCUT2D eigenvalue weighted by molar-refractivity contribution is 5.82. The van der Waals surface area contributed by atoms with E-state index in [1.807, 2.05) is 33.8 Å². The van der Waals surface area contributed by atoms with Gasteiger partial charge in [-0.3, -0.25) is 4.79 Å². The molecule has 2 unspecified atom stereocenters. The van der Waals surface area contributed by atoms with Crippen LogP contribution in [0.5, 0.6) is 0 Å². The summed E-state index contributed by atoms with van der Waals surface area (Å²) in [7, 11) is 0. The summed E-state index contributed by atoms with van der Waals surface area (Å²) in [6, 6.07) is 0. The number of rotatable bonds is 7. The van der Waals surface area contributed by atoms with Crippen molar-refractivity contribution in [1.29, 1.82) is 0 Å². The third-order valence-electron chi connectivity index (χ3n) is 2.21. The van der Waals surface area contributed by atoms with Crippen LogP contribution in [-0.2, 0) is 9.53 Å². The number of carbonyl (C=O) groups is 1. The van der Waals surface area contributed by atoms with Gasteiger partial charge < -0.3 is 4.74 Å². The second-order valence-corrected chi connectivity index (χ2v) is 4.03. The highest BCUT2D eigenvalue weighted by Gasteiger charge is 2.21. The number of carbonyl (C=O) groups excluding carboxylic acids is 1. The molecule has 0 bridgehead atoms. The zero-order valence-corrected chi connectivity index (χ0v) is 9.75. The van der Waals surface area contributed by atoms with E-state index in [1.165, 1.54) is 0 Å². The fraction of sp³-hybridized carbons (Fsp3) is 0.750. The Morgan fingerprint density at radius 3 is 2.36 bits per heavy atom. The molecule has 0 aliphatic carbocycles. The number of hydrogen-bond acceptors (Lipinski definition) is 2. The molecule has 2 nitrogen and oxygen atoms in total. The first-order chi connectivity index (χ1) is 6.52. The van der Waals surface area contributed by atoms with Gasteiger partial charge >= 0.3 is 0 Å². The molecule has 0 saturated heterocycles. The zero-order chi connectivity index (χ0) is 11.1. The van der Waals surface area contributed by atoms with Gasteiger partial charge in [0.2, 0.25) is 0 Å². The maximum absolute atomic E-state index is 11.5. The van der Waals surface area contributed by atoms with Crippen LogP contribution in [0.4, 0.5) is 0 Å². The molecule has 0 aromatic heterocycles. The molecule has 14 heavy (non-hydrogen) atoms. The van der Waals surface area contributed by atoms with Crippen molar-refractivity contribution in [2.45, 2.75) is 40.2 Å². The Morgan fingerprint density at radius 1 is 1.43 bits per heavy atom. The third-order valence-corrected chi connectivity index (χ3v) is 2.21. The van der Waals surface area contributed by atoms with Gasteiger partial charge in [0.15, 0.2) is 5.78 Å². The van der Waals surface area contributed by atoms with Gasteiger partial charge in [-0.25, -0.2) is 0 Å². The summed E-state index contributed by atoms with van der Waals surface area (Å²) >= 11 is 0. The van der Waals surface area contributed by atoms with Gasteiger partial charge in [0, 0.05) is 6.42 Å². The maximum Gasteiger partial charge on any atom is 0.161 e. The first-order valence-electron chi connectivity index (χ1n) is 5.29. The van der Waals surface area contributed by atoms with Crippen molar-refractivity contribution < 1.29 is 9.53 Å². The summed E-state index contributed by atoms with van der Waals surface area (Å²) in [5, 5.41) is 0. The molecule has 82 valence electrons. The van der Waals surface area contributed by atoms with Crippen molar-refractivity contribution in [1.82, 2.24) is 0 Å². The smallest absolute Gasteiger partial charge is 0.161 e. The molecular formula is C12H22O2. The Hall–Kier alpha value is -0.630. The summed E-state index contributed by atoms with van der Waals surface area (Å²) in [6.07, 6.45) is 2.14. The highest BCUT2D eigenvalue weighted by Crippen LogP contribution is 2.11. The summed E-state index contributed by atoms with van der Waals surface area (Å²) in [5.41, 5.74) is 0. The van der Waals surface area contributed by atoms with Gasteiger partial charge in [0.1, 0.15) is 6.10 Å². The molecule has 0 aliphatic rings. The lowest BCUT2D eigenvalue weighted by Gasteiger charge is -2.21. The van der Waals surface area contributed by atoms with Gasteiger partial charge in [-0.1, -0.05) is 33.8 Å². The number of ketones is 1. The molecular weight excluding hydrogens is 176 g/mol. The quantitative estimate of drug-likeness (QED) is 0.588. The van der Waals surface area contributed by atoms with E-state index in [1.54, 1.807) is 0 Å². The van der Waals surface area contributed by atoms with Gasteiger partial charge in [-0.05, 0) is 11.8 Å². The van der Waals surface area contributed by atoms with E-state index in [2.05, 4.69) is 6.58 Å². The Bertz CT molecular complexity index is 185. The van der Waals surface area contributed by atoms with Crippen LogP contribution in [0.15, 0.2) is 12.7 Å². The van der Waals surface area contributed by atoms with Crippen molar-refractivity contribution in [3.05, 3.63) is 12.7 Å². The minimum absolute atomic E-state index is 0.191. The minimum Gasteiger partial charge on any atom is -0.370 e. The number of Topliss-reactive ketones (excluding diaryl/α,β-unsaturated/α-hetero) is 1. The fourth-order valence-electron chi connectivity index (χ4n) is 1.18. The maximum atomic E-state index is 11.5. The Kier molecular flexibility index (Phi) is 6.46. The predicted molar refractivity (Wildman–Crippen MR) is 59.2 cm³/mol. The summed E-state index contributed by atoms with van der Waals surface area (Å²) in [5.74, 6) is 0.747. The molecule has 0 spiro atoms. The Morgan fingerprint density at radius 2 is 2.00 bits per heavy atom. The van der Waals surface area contributed by atoms with Crippen LogP contribution in [0, 0.1) is 11.8 Å². The topological polar surface area (TPSA) is 26.3 Å². The summed E-state index contributed by atoms with van der Waals surface area (Å²) < 4.78 is 5.59. The first kappa shape index (κ1) is 13.4. The van der Waals surface area contributed by atoms with Crippen molar-refractivity contribution in [2.24, 2.45) is 11.8 Å².